The molecule has 0 aromatic carbocycles. The highest BCUT2D eigenvalue weighted by Crippen LogP contribution is 2.29. The molecule has 2 amide bonds. The molecule has 1 aliphatic carbocycles. The van der Waals surface area contributed by atoms with Gasteiger partial charge in [-0.05, 0) is 32.1 Å². The van der Waals surface area contributed by atoms with Crippen LogP contribution in [0.5, 0.6) is 0 Å². The zero-order valence-electron chi connectivity index (χ0n) is 13.1. The van der Waals surface area contributed by atoms with Crippen LogP contribution < -0.4 is 5.32 Å². The van der Waals surface area contributed by atoms with Crippen molar-refractivity contribution >= 4 is 29.4 Å². The Bertz CT molecular complexity index is 514. The number of hydrogen-bond donors (Lipinski definition) is 1. The maximum absolute atomic E-state index is 12.2. The molecule has 0 spiro atoms. The first-order valence-electron chi connectivity index (χ1n) is 7.67. The van der Waals surface area contributed by atoms with E-state index in [0.717, 1.165) is 19.5 Å². The van der Waals surface area contributed by atoms with Crippen molar-refractivity contribution in [1.82, 2.24) is 10.1 Å². The molecule has 1 N–H and O–H groups in total. The molecule has 7 heteroatoms. The summed E-state index contributed by atoms with van der Waals surface area (Å²) in [4.78, 5) is 25.9. The normalized spacial score (nSPS) is 13.9. The molecule has 0 atom stereocenters. The number of nitrogens with one attached hydrogen (secondary N) is 1. The highest BCUT2D eigenvalue weighted by atomic mass is 32.2. The molecule has 1 heterocycles. The smallest absolute Gasteiger partial charge is 0.235 e. The van der Waals surface area contributed by atoms with Gasteiger partial charge in [0.15, 0.2) is 5.82 Å². The van der Waals surface area contributed by atoms with Crippen LogP contribution in [-0.2, 0) is 9.59 Å². The molecular weight excluding hydrogens is 302 g/mol. The van der Waals surface area contributed by atoms with E-state index in [1.807, 2.05) is 4.90 Å². The van der Waals surface area contributed by atoms with Crippen LogP contribution in [0.3, 0.4) is 0 Å². The van der Waals surface area contributed by atoms with Crippen molar-refractivity contribution in [2.24, 2.45) is 5.92 Å². The van der Waals surface area contributed by atoms with Gasteiger partial charge in [-0.1, -0.05) is 12.1 Å². The summed E-state index contributed by atoms with van der Waals surface area (Å²) in [6.07, 6.45) is 3.44. The Morgan fingerprint density at radius 3 is 2.82 bits per heavy atom. The topological polar surface area (TPSA) is 75.4 Å². The largest absolute Gasteiger partial charge is 0.360 e. The summed E-state index contributed by atoms with van der Waals surface area (Å²) in [6, 6.07) is 1.66. The number of aryl methyl sites for hydroxylation is 1. The van der Waals surface area contributed by atoms with E-state index in [2.05, 4.69) is 17.4 Å². The molecule has 0 saturated heterocycles. The third-order valence-corrected chi connectivity index (χ3v) is 4.29. The van der Waals surface area contributed by atoms with Gasteiger partial charge in [0.25, 0.3) is 0 Å². The number of carbonyl (C=O) groups excluding carboxylic acids is 2. The van der Waals surface area contributed by atoms with Crippen molar-refractivity contribution in [3.8, 4) is 0 Å². The Morgan fingerprint density at radius 2 is 2.23 bits per heavy atom. The third-order valence-electron chi connectivity index (χ3n) is 3.38. The highest BCUT2D eigenvalue weighted by Gasteiger charge is 2.26. The Kier molecular flexibility index (Phi) is 6.30. The molecule has 1 fully saturated rings. The SMILES string of the molecule is CCCN(CC1CC1)C(=O)CSCC(=O)Nc1cc(C)on1. The third kappa shape index (κ3) is 5.71. The summed E-state index contributed by atoms with van der Waals surface area (Å²) in [5.41, 5.74) is 0. The molecule has 6 nitrogen and oxygen atoms in total. The monoisotopic (exact) mass is 325 g/mol. The van der Waals surface area contributed by atoms with Gasteiger partial charge in [-0.15, -0.1) is 11.8 Å². The van der Waals surface area contributed by atoms with E-state index in [0.29, 0.717) is 23.2 Å². The van der Waals surface area contributed by atoms with E-state index in [1.54, 1.807) is 13.0 Å². The molecule has 2 rings (SSSR count). The molecule has 0 aliphatic heterocycles. The number of amides is 2. The zero-order valence-corrected chi connectivity index (χ0v) is 13.9. The predicted octanol–water partition coefficient (Wildman–Crippen LogP) is 2.30. The van der Waals surface area contributed by atoms with Crippen LogP contribution >= 0.6 is 11.8 Å². The molecule has 1 saturated carbocycles. The number of carbonyl (C=O) groups is 2. The van der Waals surface area contributed by atoms with Crippen LogP contribution in [0.4, 0.5) is 5.82 Å². The van der Waals surface area contributed by atoms with Gasteiger partial charge >= 0.3 is 0 Å². The maximum Gasteiger partial charge on any atom is 0.235 e. The molecule has 0 unspecified atom stereocenters. The van der Waals surface area contributed by atoms with Gasteiger partial charge in [-0.2, -0.15) is 0 Å². The number of hydrogen-bond acceptors (Lipinski definition) is 5. The lowest BCUT2D eigenvalue weighted by Crippen LogP contribution is -2.35. The highest BCUT2D eigenvalue weighted by molar-refractivity contribution is 8.00. The van der Waals surface area contributed by atoms with Gasteiger partial charge in [0.1, 0.15) is 5.76 Å². The Hall–Kier alpha value is -1.50. The summed E-state index contributed by atoms with van der Waals surface area (Å²) in [7, 11) is 0. The summed E-state index contributed by atoms with van der Waals surface area (Å²) in [5, 5.41) is 6.34. The second kappa shape index (κ2) is 8.22. The fourth-order valence-electron chi connectivity index (χ4n) is 2.13. The van der Waals surface area contributed by atoms with Crippen molar-refractivity contribution in [2.75, 3.05) is 29.9 Å². The van der Waals surface area contributed by atoms with Crippen molar-refractivity contribution in [1.29, 1.82) is 0 Å². The first-order chi connectivity index (χ1) is 10.6. The molecule has 1 aromatic heterocycles. The van der Waals surface area contributed by atoms with Crippen molar-refractivity contribution < 1.29 is 14.1 Å². The van der Waals surface area contributed by atoms with Crippen LogP contribution in [0.25, 0.3) is 0 Å². The number of anilines is 1. The van der Waals surface area contributed by atoms with E-state index in [4.69, 9.17) is 4.52 Å². The van der Waals surface area contributed by atoms with Crippen LogP contribution in [-0.4, -0.2) is 46.5 Å². The predicted molar refractivity (Wildman–Crippen MR) is 86.8 cm³/mol. The molecule has 1 aromatic rings. The second-order valence-electron chi connectivity index (χ2n) is 5.65. The lowest BCUT2D eigenvalue weighted by Gasteiger charge is -2.21. The number of thioether (sulfide) groups is 1. The lowest BCUT2D eigenvalue weighted by atomic mass is 10.3. The van der Waals surface area contributed by atoms with Crippen molar-refractivity contribution in [3.05, 3.63) is 11.8 Å². The van der Waals surface area contributed by atoms with Gasteiger partial charge in [-0.3, -0.25) is 9.59 Å². The standard InChI is InChI=1S/C15H23N3O3S/c1-3-6-18(8-12-4-5-12)15(20)10-22-9-14(19)16-13-7-11(2)21-17-13/h7,12H,3-6,8-10H2,1-2H3,(H,16,17,19). The van der Waals surface area contributed by atoms with E-state index in [1.165, 1.54) is 24.6 Å². The van der Waals surface area contributed by atoms with E-state index in [9.17, 15) is 9.59 Å². The first-order valence-corrected chi connectivity index (χ1v) is 8.82. The Morgan fingerprint density at radius 1 is 1.45 bits per heavy atom. The molecule has 122 valence electrons. The van der Waals surface area contributed by atoms with Crippen LogP contribution in [0, 0.1) is 12.8 Å². The minimum absolute atomic E-state index is 0.129. The average Bonchev–Trinajstić information content (AvgIpc) is 3.20. The lowest BCUT2D eigenvalue weighted by molar-refractivity contribution is -0.128. The summed E-state index contributed by atoms with van der Waals surface area (Å²) in [5.74, 6) is 2.29. The minimum atomic E-state index is -0.171. The Labute approximate surface area is 135 Å². The molecule has 22 heavy (non-hydrogen) atoms. The van der Waals surface area contributed by atoms with Gasteiger partial charge in [0.05, 0.1) is 11.5 Å². The molecular formula is C15H23N3O3S. The van der Waals surface area contributed by atoms with E-state index in [-0.39, 0.29) is 17.6 Å². The maximum atomic E-state index is 12.2. The molecule has 0 bridgehead atoms. The fraction of sp³-hybridized carbons (Fsp3) is 0.667. The molecule has 1 aliphatic rings. The number of aromatic nitrogens is 1. The van der Waals surface area contributed by atoms with E-state index < -0.39 is 0 Å². The number of rotatable bonds is 9. The van der Waals surface area contributed by atoms with Crippen molar-refractivity contribution in [3.63, 3.8) is 0 Å². The summed E-state index contributed by atoms with van der Waals surface area (Å²) < 4.78 is 4.88. The second-order valence-corrected chi connectivity index (χ2v) is 6.63. The van der Waals surface area contributed by atoms with Gasteiger partial charge in [-0.25, -0.2) is 0 Å². The first kappa shape index (κ1) is 16.9. The van der Waals surface area contributed by atoms with Gasteiger partial charge in [0.2, 0.25) is 11.8 Å². The Balaban J connectivity index is 1.67. The van der Waals surface area contributed by atoms with E-state index >= 15 is 0 Å². The number of nitrogens with zero attached hydrogens (tertiary/aromatic N) is 2. The summed E-state index contributed by atoms with van der Waals surface area (Å²) >= 11 is 1.34. The van der Waals surface area contributed by atoms with Crippen molar-refractivity contribution in [2.45, 2.75) is 33.1 Å². The summed E-state index contributed by atoms with van der Waals surface area (Å²) in [6.45, 7) is 5.52. The minimum Gasteiger partial charge on any atom is -0.360 e. The fourth-order valence-corrected chi connectivity index (χ4v) is 2.84. The van der Waals surface area contributed by atoms with Gasteiger partial charge < -0.3 is 14.7 Å². The van der Waals surface area contributed by atoms with Crippen LogP contribution in [0.2, 0.25) is 0 Å². The van der Waals surface area contributed by atoms with Gasteiger partial charge in [0, 0.05) is 19.2 Å². The van der Waals surface area contributed by atoms with Crippen LogP contribution in [0.15, 0.2) is 10.6 Å². The van der Waals surface area contributed by atoms with Crippen LogP contribution in [0.1, 0.15) is 31.9 Å². The average molecular weight is 325 g/mol. The zero-order chi connectivity index (χ0) is 15.9. The molecule has 0 radical (unpaired) electrons. The quantitative estimate of drug-likeness (QED) is 0.754.